The van der Waals surface area contributed by atoms with Crippen molar-refractivity contribution in [2.24, 2.45) is 5.10 Å². The highest BCUT2D eigenvalue weighted by atomic mass is 35.5. The molecule has 0 saturated heterocycles. The molecule has 4 rings (SSSR count). The minimum absolute atomic E-state index is 0.254. The van der Waals surface area contributed by atoms with E-state index in [2.05, 4.69) is 15.6 Å². The summed E-state index contributed by atoms with van der Waals surface area (Å²) in [6.07, 6.45) is 3.22. The Bertz CT molecular complexity index is 1270. The predicted octanol–water partition coefficient (Wildman–Crippen LogP) is 4.57. The van der Waals surface area contributed by atoms with Crippen LogP contribution in [0, 0.1) is 0 Å². The number of halogens is 1. The Hall–Kier alpha value is -4.23. The van der Waals surface area contributed by atoms with Gasteiger partial charge in [-0.1, -0.05) is 41.9 Å². The van der Waals surface area contributed by atoms with Crippen molar-refractivity contribution in [3.8, 4) is 5.75 Å². The SMILES string of the molecule is O=C(Oc1ccc(/C=N/NC(=O)c2ccn(Cc3ccc(Cl)cc3)n2)cc1)c1ccccc1. The maximum absolute atomic E-state index is 12.3. The number of hydrogen-bond acceptors (Lipinski definition) is 5. The Morgan fingerprint density at radius 3 is 2.42 bits per heavy atom. The van der Waals surface area contributed by atoms with Gasteiger partial charge in [-0.15, -0.1) is 0 Å². The molecular weight excluding hydrogens is 440 g/mol. The van der Waals surface area contributed by atoms with E-state index in [0.717, 1.165) is 11.1 Å². The normalized spacial score (nSPS) is 10.8. The average molecular weight is 459 g/mol. The summed E-state index contributed by atoms with van der Waals surface area (Å²) >= 11 is 5.90. The average Bonchev–Trinajstić information content (AvgIpc) is 3.31. The van der Waals surface area contributed by atoms with Crippen LogP contribution in [-0.2, 0) is 6.54 Å². The third-order valence-electron chi connectivity index (χ3n) is 4.61. The van der Waals surface area contributed by atoms with Gasteiger partial charge in [-0.05, 0) is 65.7 Å². The molecule has 7 nitrogen and oxygen atoms in total. The van der Waals surface area contributed by atoms with Crippen LogP contribution in [0.15, 0.2) is 96.2 Å². The summed E-state index contributed by atoms with van der Waals surface area (Å²) in [5, 5.41) is 8.90. The van der Waals surface area contributed by atoms with Gasteiger partial charge in [-0.3, -0.25) is 9.48 Å². The summed E-state index contributed by atoms with van der Waals surface area (Å²) in [4.78, 5) is 24.4. The zero-order chi connectivity index (χ0) is 23.0. The molecule has 0 aliphatic rings. The highest BCUT2D eigenvalue weighted by Crippen LogP contribution is 2.14. The third kappa shape index (κ3) is 6.15. The van der Waals surface area contributed by atoms with E-state index in [0.29, 0.717) is 22.9 Å². The quantitative estimate of drug-likeness (QED) is 0.190. The number of rotatable bonds is 7. The third-order valence-corrected chi connectivity index (χ3v) is 4.86. The number of carbonyl (C=O) groups is 2. The van der Waals surface area contributed by atoms with Gasteiger partial charge in [0.25, 0.3) is 5.91 Å². The summed E-state index contributed by atoms with van der Waals surface area (Å²) in [6, 6.07) is 24.6. The Morgan fingerprint density at radius 1 is 0.970 bits per heavy atom. The summed E-state index contributed by atoms with van der Waals surface area (Å²) in [6.45, 7) is 0.523. The number of ether oxygens (including phenoxy) is 1. The lowest BCUT2D eigenvalue weighted by molar-refractivity contribution is 0.0734. The number of carbonyl (C=O) groups excluding carboxylic acids is 2. The second-order valence-electron chi connectivity index (χ2n) is 7.05. The molecule has 33 heavy (non-hydrogen) atoms. The van der Waals surface area contributed by atoms with Crippen molar-refractivity contribution >= 4 is 29.7 Å². The molecule has 0 atom stereocenters. The van der Waals surface area contributed by atoms with Crippen LogP contribution in [0.1, 0.15) is 32.0 Å². The lowest BCUT2D eigenvalue weighted by atomic mass is 10.2. The van der Waals surface area contributed by atoms with E-state index >= 15 is 0 Å². The van der Waals surface area contributed by atoms with Crippen molar-refractivity contribution in [3.05, 3.63) is 119 Å². The fraction of sp³-hybridized carbons (Fsp3) is 0.0400. The van der Waals surface area contributed by atoms with Crippen LogP contribution >= 0.6 is 11.6 Å². The lowest BCUT2D eigenvalue weighted by Crippen LogP contribution is -2.18. The molecular formula is C25H19ClN4O3. The first kappa shape index (κ1) is 22.0. The molecule has 4 aromatic rings. The summed E-state index contributed by atoms with van der Waals surface area (Å²) in [5.41, 5.74) is 4.92. The molecule has 0 aliphatic carbocycles. The van der Waals surface area contributed by atoms with E-state index in [1.165, 1.54) is 6.21 Å². The van der Waals surface area contributed by atoms with Crippen molar-refractivity contribution in [2.45, 2.75) is 6.54 Å². The molecule has 1 heterocycles. The molecule has 1 aromatic heterocycles. The first-order valence-corrected chi connectivity index (χ1v) is 10.4. The molecule has 1 N–H and O–H groups in total. The molecule has 0 fully saturated rings. The van der Waals surface area contributed by atoms with Crippen molar-refractivity contribution in [1.82, 2.24) is 15.2 Å². The molecule has 164 valence electrons. The van der Waals surface area contributed by atoms with Crippen LogP contribution in [-0.4, -0.2) is 27.9 Å². The van der Waals surface area contributed by atoms with E-state index in [-0.39, 0.29) is 5.69 Å². The number of benzene rings is 3. The van der Waals surface area contributed by atoms with Crippen LogP contribution in [0.5, 0.6) is 5.75 Å². The van der Waals surface area contributed by atoms with Gasteiger partial charge in [0.2, 0.25) is 0 Å². The standard InChI is InChI=1S/C25H19ClN4O3/c26-21-10-6-19(7-11-21)17-30-15-14-23(29-30)24(31)28-27-16-18-8-12-22(13-9-18)33-25(32)20-4-2-1-3-5-20/h1-16H,17H2,(H,28,31)/b27-16+. The minimum Gasteiger partial charge on any atom is -0.423 e. The summed E-state index contributed by atoms with van der Waals surface area (Å²) in [7, 11) is 0. The Kier molecular flexibility index (Phi) is 6.92. The van der Waals surface area contributed by atoms with Gasteiger partial charge in [0, 0.05) is 11.2 Å². The first-order valence-electron chi connectivity index (χ1n) is 10.1. The molecule has 0 saturated carbocycles. The smallest absolute Gasteiger partial charge is 0.343 e. The highest BCUT2D eigenvalue weighted by Gasteiger charge is 2.09. The molecule has 0 unspecified atom stereocenters. The van der Waals surface area contributed by atoms with Crippen LogP contribution in [0.3, 0.4) is 0 Å². The largest absolute Gasteiger partial charge is 0.423 e. The zero-order valence-electron chi connectivity index (χ0n) is 17.4. The Morgan fingerprint density at radius 2 is 1.70 bits per heavy atom. The minimum atomic E-state index is -0.431. The Balaban J connectivity index is 1.29. The predicted molar refractivity (Wildman–Crippen MR) is 126 cm³/mol. The molecule has 0 aliphatic heterocycles. The monoisotopic (exact) mass is 458 g/mol. The zero-order valence-corrected chi connectivity index (χ0v) is 18.1. The molecule has 1 amide bonds. The van der Waals surface area contributed by atoms with E-state index in [1.807, 2.05) is 30.3 Å². The summed E-state index contributed by atoms with van der Waals surface area (Å²) in [5.74, 6) is -0.439. The molecule has 8 heteroatoms. The topological polar surface area (TPSA) is 85.6 Å². The van der Waals surface area contributed by atoms with Crippen LogP contribution in [0.2, 0.25) is 5.02 Å². The van der Waals surface area contributed by atoms with E-state index in [1.54, 1.807) is 65.5 Å². The maximum Gasteiger partial charge on any atom is 0.343 e. The summed E-state index contributed by atoms with van der Waals surface area (Å²) < 4.78 is 7.00. The van der Waals surface area contributed by atoms with Gasteiger partial charge in [0.1, 0.15) is 5.75 Å². The second kappa shape index (κ2) is 10.4. The molecule has 0 bridgehead atoms. The number of amides is 1. The van der Waals surface area contributed by atoms with Gasteiger partial charge in [0.05, 0.1) is 18.3 Å². The van der Waals surface area contributed by atoms with Crippen LogP contribution < -0.4 is 10.2 Å². The maximum atomic E-state index is 12.3. The first-order chi connectivity index (χ1) is 16.1. The van der Waals surface area contributed by atoms with E-state index < -0.39 is 11.9 Å². The second-order valence-corrected chi connectivity index (χ2v) is 7.49. The van der Waals surface area contributed by atoms with Crippen LogP contribution in [0.25, 0.3) is 0 Å². The van der Waals surface area contributed by atoms with Gasteiger partial charge in [-0.2, -0.15) is 10.2 Å². The van der Waals surface area contributed by atoms with Crippen molar-refractivity contribution in [2.75, 3.05) is 0 Å². The van der Waals surface area contributed by atoms with E-state index in [9.17, 15) is 9.59 Å². The molecule has 0 spiro atoms. The fourth-order valence-corrected chi connectivity index (χ4v) is 3.06. The number of esters is 1. The van der Waals surface area contributed by atoms with Crippen molar-refractivity contribution in [3.63, 3.8) is 0 Å². The molecule has 0 radical (unpaired) electrons. The lowest BCUT2D eigenvalue weighted by Gasteiger charge is -2.04. The Labute approximate surface area is 195 Å². The van der Waals surface area contributed by atoms with Gasteiger partial charge >= 0.3 is 5.97 Å². The number of nitrogens with zero attached hydrogens (tertiary/aromatic N) is 3. The number of hydrazone groups is 1. The van der Waals surface area contributed by atoms with Gasteiger partial charge in [0.15, 0.2) is 5.69 Å². The van der Waals surface area contributed by atoms with Gasteiger partial charge in [-0.25, -0.2) is 10.2 Å². The number of aromatic nitrogens is 2. The van der Waals surface area contributed by atoms with E-state index in [4.69, 9.17) is 16.3 Å². The number of hydrogen-bond donors (Lipinski definition) is 1. The highest BCUT2D eigenvalue weighted by molar-refractivity contribution is 6.30. The molecule has 3 aromatic carbocycles. The number of nitrogens with one attached hydrogen (secondary N) is 1. The fourth-order valence-electron chi connectivity index (χ4n) is 2.93. The van der Waals surface area contributed by atoms with Crippen molar-refractivity contribution in [1.29, 1.82) is 0 Å². The van der Waals surface area contributed by atoms with Gasteiger partial charge < -0.3 is 4.74 Å². The van der Waals surface area contributed by atoms with Crippen LogP contribution in [0.4, 0.5) is 0 Å². The van der Waals surface area contributed by atoms with Crippen molar-refractivity contribution < 1.29 is 14.3 Å².